The van der Waals surface area contributed by atoms with E-state index in [9.17, 15) is 4.79 Å². The molecule has 2 amide bonds. The summed E-state index contributed by atoms with van der Waals surface area (Å²) in [5, 5.41) is 5.92. The van der Waals surface area contributed by atoms with Crippen molar-refractivity contribution in [2.24, 2.45) is 0 Å². The van der Waals surface area contributed by atoms with Gasteiger partial charge in [-0.2, -0.15) is 0 Å². The molecule has 0 aliphatic heterocycles. The Morgan fingerprint density at radius 1 is 1.00 bits per heavy atom. The largest absolute Gasteiger partial charge is 0.323 e. The molecule has 5 heteroatoms. The molecule has 2 rings (SSSR count). The SMILES string of the molecule is O=C(N/C=C/c1ccccc1)Nc1cccc(Cl)c1Cl. The number of amides is 2. The van der Waals surface area contributed by atoms with Crippen molar-refractivity contribution in [2.45, 2.75) is 0 Å². The highest BCUT2D eigenvalue weighted by Gasteiger charge is 2.06. The molecule has 3 nitrogen and oxygen atoms in total. The van der Waals surface area contributed by atoms with E-state index < -0.39 is 0 Å². The molecule has 0 fully saturated rings. The van der Waals surface area contributed by atoms with Gasteiger partial charge in [-0.25, -0.2) is 4.79 Å². The lowest BCUT2D eigenvalue weighted by Crippen LogP contribution is -2.23. The van der Waals surface area contributed by atoms with Gasteiger partial charge in [0.05, 0.1) is 15.7 Å². The smallest absolute Gasteiger partial charge is 0.314 e. The van der Waals surface area contributed by atoms with Crippen molar-refractivity contribution in [2.75, 3.05) is 5.32 Å². The minimum atomic E-state index is -0.388. The Balaban J connectivity index is 1.93. The van der Waals surface area contributed by atoms with Crippen molar-refractivity contribution in [1.82, 2.24) is 5.32 Å². The average Bonchev–Trinajstić information content (AvgIpc) is 2.45. The quantitative estimate of drug-likeness (QED) is 0.841. The second-order valence-corrected chi connectivity index (χ2v) is 4.73. The standard InChI is InChI=1S/C15H12Cl2N2O/c16-12-7-4-8-13(14(12)17)19-15(20)18-10-9-11-5-2-1-3-6-11/h1-10H,(H2,18,19,20)/b10-9+. The Morgan fingerprint density at radius 2 is 1.75 bits per heavy atom. The fourth-order valence-electron chi connectivity index (χ4n) is 1.54. The van der Waals surface area contributed by atoms with Crippen LogP contribution in [0.4, 0.5) is 10.5 Å². The highest BCUT2D eigenvalue weighted by Crippen LogP contribution is 2.29. The van der Waals surface area contributed by atoms with Crippen LogP contribution in [0.2, 0.25) is 10.0 Å². The van der Waals surface area contributed by atoms with Gasteiger partial charge in [-0.3, -0.25) is 0 Å². The zero-order chi connectivity index (χ0) is 14.4. The number of anilines is 1. The van der Waals surface area contributed by atoms with Crippen LogP contribution in [0.3, 0.4) is 0 Å². The molecule has 0 spiro atoms. The Bertz CT molecular complexity index is 627. The second kappa shape index (κ2) is 6.98. The van der Waals surface area contributed by atoms with Crippen LogP contribution in [-0.4, -0.2) is 6.03 Å². The molecule has 0 atom stereocenters. The van der Waals surface area contributed by atoms with E-state index in [1.165, 1.54) is 0 Å². The van der Waals surface area contributed by atoms with Gasteiger partial charge in [0.25, 0.3) is 0 Å². The molecule has 0 aromatic heterocycles. The molecule has 0 bridgehead atoms. The van der Waals surface area contributed by atoms with Crippen LogP contribution in [0.25, 0.3) is 6.08 Å². The van der Waals surface area contributed by atoms with E-state index in [0.717, 1.165) is 5.56 Å². The van der Waals surface area contributed by atoms with Crippen molar-refractivity contribution in [1.29, 1.82) is 0 Å². The van der Waals surface area contributed by atoms with Crippen LogP contribution < -0.4 is 10.6 Å². The van der Waals surface area contributed by atoms with E-state index in [0.29, 0.717) is 15.7 Å². The van der Waals surface area contributed by atoms with E-state index in [-0.39, 0.29) is 6.03 Å². The van der Waals surface area contributed by atoms with Crippen molar-refractivity contribution in [3.63, 3.8) is 0 Å². The van der Waals surface area contributed by atoms with E-state index in [1.54, 1.807) is 30.5 Å². The van der Waals surface area contributed by atoms with Crippen molar-refractivity contribution < 1.29 is 4.79 Å². The summed E-state index contributed by atoms with van der Waals surface area (Å²) in [6, 6.07) is 14.3. The van der Waals surface area contributed by atoms with Gasteiger partial charge in [0.2, 0.25) is 0 Å². The molecule has 20 heavy (non-hydrogen) atoms. The number of carbonyl (C=O) groups is 1. The van der Waals surface area contributed by atoms with Gasteiger partial charge >= 0.3 is 6.03 Å². The number of hydrogen-bond donors (Lipinski definition) is 2. The Kier molecular flexibility index (Phi) is 5.04. The third-order valence-electron chi connectivity index (χ3n) is 2.49. The molecular weight excluding hydrogens is 295 g/mol. The van der Waals surface area contributed by atoms with E-state index in [4.69, 9.17) is 23.2 Å². The van der Waals surface area contributed by atoms with Crippen molar-refractivity contribution in [3.05, 3.63) is 70.3 Å². The zero-order valence-corrected chi connectivity index (χ0v) is 11.9. The highest BCUT2D eigenvalue weighted by molar-refractivity contribution is 6.43. The molecule has 0 unspecified atom stereocenters. The lowest BCUT2D eigenvalue weighted by Gasteiger charge is -2.07. The molecule has 2 aromatic rings. The summed E-state index contributed by atoms with van der Waals surface area (Å²) in [4.78, 5) is 11.7. The first kappa shape index (κ1) is 14.4. The molecule has 2 N–H and O–H groups in total. The fraction of sp³-hybridized carbons (Fsp3) is 0. The summed E-state index contributed by atoms with van der Waals surface area (Å²) < 4.78 is 0. The van der Waals surface area contributed by atoms with Crippen molar-refractivity contribution in [3.8, 4) is 0 Å². The molecule has 102 valence electrons. The third kappa shape index (κ3) is 4.02. The molecular formula is C15H12Cl2N2O. The lowest BCUT2D eigenvalue weighted by molar-refractivity contribution is 0.255. The highest BCUT2D eigenvalue weighted by atomic mass is 35.5. The van der Waals surface area contributed by atoms with Gasteiger partial charge in [0.15, 0.2) is 0 Å². The normalized spacial score (nSPS) is 10.5. The number of carbonyl (C=O) groups excluding carboxylic acids is 1. The Hall–Kier alpha value is -1.97. The van der Waals surface area contributed by atoms with Gasteiger partial charge < -0.3 is 10.6 Å². The minimum absolute atomic E-state index is 0.316. The minimum Gasteiger partial charge on any atom is -0.314 e. The summed E-state index contributed by atoms with van der Waals surface area (Å²) in [5.74, 6) is 0. The summed E-state index contributed by atoms with van der Waals surface area (Å²) in [6.45, 7) is 0. The van der Waals surface area contributed by atoms with Gasteiger partial charge in [-0.1, -0.05) is 59.6 Å². The lowest BCUT2D eigenvalue weighted by atomic mass is 10.2. The van der Waals surface area contributed by atoms with Gasteiger partial charge in [-0.15, -0.1) is 0 Å². The van der Waals surface area contributed by atoms with Crippen LogP contribution in [0.1, 0.15) is 5.56 Å². The topological polar surface area (TPSA) is 41.1 Å². The average molecular weight is 307 g/mol. The first-order valence-corrected chi connectivity index (χ1v) is 6.65. The van der Waals surface area contributed by atoms with E-state index in [1.807, 2.05) is 30.3 Å². The van der Waals surface area contributed by atoms with Crippen LogP contribution in [0, 0.1) is 0 Å². The number of urea groups is 1. The fourth-order valence-corrected chi connectivity index (χ4v) is 1.88. The molecule has 2 aromatic carbocycles. The maximum absolute atomic E-state index is 11.7. The molecule has 0 radical (unpaired) electrons. The van der Waals surface area contributed by atoms with E-state index in [2.05, 4.69) is 10.6 Å². The second-order valence-electron chi connectivity index (χ2n) is 3.94. The number of benzene rings is 2. The Labute approximate surface area is 127 Å². The summed E-state index contributed by atoms with van der Waals surface area (Å²) in [7, 11) is 0. The third-order valence-corrected chi connectivity index (χ3v) is 3.31. The van der Waals surface area contributed by atoms with E-state index >= 15 is 0 Å². The van der Waals surface area contributed by atoms with Gasteiger partial charge in [0, 0.05) is 6.20 Å². The van der Waals surface area contributed by atoms with Crippen LogP contribution in [0.5, 0.6) is 0 Å². The predicted octanol–water partition coefficient (Wildman–Crippen LogP) is 4.79. The molecule has 0 saturated carbocycles. The molecule has 0 saturated heterocycles. The first-order valence-electron chi connectivity index (χ1n) is 5.90. The number of nitrogens with one attached hydrogen (secondary N) is 2. The monoisotopic (exact) mass is 306 g/mol. The maximum atomic E-state index is 11.7. The number of halogens is 2. The predicted molar refractivity (Wildman–Crippen MR) is 84.1 cm³/mol. The molecule has 0 aliphatic rings. The number of rotatable bonds is 3. The summed E-state index contributed by atoms with van der Waals surface area (Å²) in [6.07, 6.45) is 3.35. The van der Waals surface area contributed by atoms with Crippen LogP contribution in [-0.2, 0) is 0 Å². The van der Waals surface area contributed by atoms with Crippen molar-refractivity contribution >= 4 is 41.0 Å². The summed E-state index contributed by atoms with van der Waals surface area (Å²) >= 11 is 11.8. The number of hydrogen-bond acceptors (Lipinski definition) is 1. The Morgan fingerprint density at radius 3 is 2.50 bits per heavy atom. The van der Waals surface area contributed by atoms with Gasteiger partial charge in [-0.05, 0) is 23.8 Å². The zero-order valence-electron chi connectivity index (χ0n) is 10.4. The maximum Gasteiger partial charge on any atom is 0.323 e. The molecule has 0 aliphatic carbocycles. The van der Waals surface area contributed by atoms with Gasteiger partial charge in [0.1, 0.15) is 0 Å². The first-order chi connectivity index (χ1) is 9.66. The molecule has 0 heterocycles. The summed E-state index contributed by atoms with van der Waals surface area (Å²) in [5.41, 5.74) is 1.46. The van der Waals surface area contributed by atoms with Crippen LogP contribution >= 0.6 is 23.2 Å². The van der Waals surface area contributed by atoms with Crippen LogP contribution in [0.15, 0.2) is 54.7 Å².